The number of H-pyrrole nitrogens is 1. The Morgan fingerprint density at radius 3 is 2.78 bits per heavy atom. The fourth-order valence-electron chi connectivity index (χ4n) is 3.56. The fourth-order valence-corrected chi connectivity index (χ4v) is 3.56. The van der Waals surface area contributed by atoms with E-state index in [1.165, 1.54) is 21.9 Å². The maximum Gasteiger partial charge on any atom is 0.272 e. The Bertz CT molecular complexity index is 790. The van der Waals surface area contributed by atoms with Crippen LogP contribution in [0.2, 0.25) is 0 Å². The topological polar surface area (TPSA) is 58.1 Å². The molecular weight excluding hydrogens is 290 g/mol. The lowest BCUT2D eigenvalue weighted by molar-refractivity contribution is 0.0617. The number of aryl methyl sites for hydroxylation is 2. The molecule has 1 unspecified atom stereocenters. The number of nitrogens with one attached hydrogen (secondary N) is 1. The molecule has 1 amide bonds. The van der Waals surface area contributed by atoms with E-state index in [4.69, 9.17) is 0 Å². The second-order valence-electron chi connectivity index (χ2n) is 6.79. The van der Waals surface area contributed by atoms with Crippen LogP contribution in [0, 0.1) is 6.92 Å². The molecule has 0 saturated carbocycles. The van der Waals surface area contributed by atoms with Gasteiger partial charge in [0.2, 0.25) is 0 Å². The molecule has 5 heteroatoms. The van der Waals surface area contributed by atoms with Crippen molar-refractivity contribution in [3.8, 4) is 0 Å². The van der Waals surface area contributed by atoms with E-state index in [9.17, 15) is 9.59 Å². The number of benzene rings is 1. The van der Waals surface area contributed by atoms with Crippen LogP contribution >= 0.6 is 0 Å². The monoisotopic (exact) mass is 313 g/mol. The summed E-state index contributed by atoms with van der Waals surface area (Å²) in [6.07, 6.45) is 2.80. The van der Waals surface area contributed by atoms with Gasteiger partial charge in [-0.15, -0.1) is 0 Å². The van der Waals surface area contributed by atoms with Crippen LogP contribution in [0.1, 0.15) is 41.4 Å². The zero-order valence-electron chi connectivity index (χ0n) is 13.9. The van der Waals surface area contributed by atoms with Crippen molar-refractivity contribution in [2.24, 2.45) is 7.05 Å². The number of nitrogens with zero attached hydrogens (tertiary/aromatic N) is 2. The second kappa shape index (κ2) is 5.72. The maximum absolute atomic E-state index is 12.8. The Balaban J connectivity index is 1.86. The number of carbonyl (C=O) groups excluding carboxylic acids is 1. The third-order valence-electron chi connectivity index (χ3n) is 4.78. The van der Waals surface area contributed by atoms with Gasteiger partial charge >= 0.3 is 0 Å². The number of carbonyl (C=O) groups is 1. The van der Waals surface area contributed by atoms with Crippen molar-refractivity contribution in [3.63, 3.8) is 0 Å². The minimum atomic E-state index is -0.211. The van der Waals surface area contributed by atoms with Gasteiger partial charge in [-0.25, -0.2) is 0 Å². The average Bonchev–Trinajstić information content (AvgIpc) is 3.02. The summed E-state index contributed by atoms with van der Waals surface area (Å²) in [5, 5.41) is 2.84. The molecule has 1 N–H and O–H groups in total. The van der Waals surface area contributed by atoms with E-state index in [1.807, 2.05) is 4.90 Å². The van der Waals surface area contributed by atoms with Gasteiger partial charge in [0.15, 0.2) is 0 Å². The van der Waals surface area contributed by atoms with Crippen molar-refractivity contribution in [2.45, 2.75) is 38.6 Å². The number of hydrogen-bond donors (Lipinski definition) is 1. The predicted octanol–water partition coefficient (Wildman–Crippen LogP) is 2.26. The number of rotatable bonds is 3. The van der Waals surface area contributed by atoms with Gasteiger partial charge in [-0.1, -0.05) is 29.8 Å². The molecule has 23 heavy (non-hydrogen) atoms. The highest BCUT2D eigenvalue weighted by Crippen LogP contribution is 2.33. The van der Waals surface area contributed by atoms with Gasteiger partial charge in [0.1, 0.15) is 5.69 Å². The first-order valence-corrected chi connectivity index (χ1v) is 8.03. The first-order valence-electron chi connectivity index (χ1n) is 8.03. The van der Waals surface area contributed by atoms with Crippen molar-refractivity contribution < 1.29 is 4.79 Å². The van der Waals surface area contributed by atoms with Gasteiger partial charge in [-0.05, 0) is 38.7 Å². The molecule has 3 rings (SSSR count). The molecule has 1 fully saturated rings. The molecule has 2 aromatic rings. The first-order chi connectivity index (χ1) is 10.9. The molecule has 1 aliphatic rings. The Hall–Kier alpha value is -2.30. The molecule has 1 aliphatic heterocycles. The Morgan fingerprint density at radius 2 is 2.13 bits per heavy atom. The summed E-state index contributed by atoms with van der Waals surface area (Å²) in [6.45, 7) is 4.96. The van der Waals surface area contributed by atoms with Gasteiger partial charge < -0.3 is 4.90 Å². The lowest BCUT2D eigenvalue weighted by Gasteiger charge is -2.35. The summed E-state index contributed by atoms with van der Waals surface area (Å²) in [7, 11) is 1.62. The molecule has 2 heterocycles. The molecule has 1 saturated heterocycles. The molecule has 1 aromatic carbocycles. The fraction of sp³-hybridized carbons (Fsp3) is 0.444. The van der Waals surface area contributed by atoms with Crippen LogP contribution in [0.4, 0.5) is 0 Å². The first kappa shape index (κ1) is 15.6. The summed E-state index contributed by atoms with van der Waals surface area (Å²) in [5.41, 5.74) is 2.45. The van der Waals surface area contributed by atoms with Crippen molar-refractivity contribution in [1.29, 1.82) is 0 Å². The van der Waals surface area contributed by atoms with E-state index in [0.29, 0.717) is 5.69 Å². The molecule has 0 aliphatic carbocycles. The third kappa shape index (κ3) is 2.96. The summed E-state index contributed by atoms with van der Waals surface area (Å²) in [5.74, 6) is -0.0876. The normalized spacial score (nSPS) is 20.9. The van der Waals surface area contributed by atoms with E-state index >= 15 is 0 Å². The van der Waals surface area contributed by atoms with Crippen molar-refractivity contribution in [2.75, 3.05) is 6.54 Å². The van der Waals surface area contributed by atoms with Crippen LogP contribution < -0.4 is 5.56 Å². The Morgan fingerprint density at radius 1 is 1.35 bits per heavy atom. The van der Waals surface area contributed by atoms with E-state index in [-0.39, 0.29) is 17.0 Å². The van der Waals surface area contributed by atoms with Crippen LogP contribution in [0.5, 0.6) is 0 Å². The zero-order chi connectivity index (χ0) is 16.6. The van der Waals surface area contributed by atoms with Crippen LogP contribution in [0.15, 0.2) is 35.1 Å². The summed E-state index contributed by atoms with van der Waals surface area (Å²) >= 11 is 0. The highest BCUT2D eigenvalue weighted by molar-refractivity contribution is 5.93. The smallest absolute Gasteiger partial charge is 0.272 e. The van der Waals surface area contributed by atoms with E-state index in [0.717, 1.165) is 25.8 Å². The van der Waals surface area contributed by atoms with Crippen LogP contribution in [0.25, 0.3) is 0 Å². The van der Waals surface area contributed by atoms with Crippen molar-refractivity contribution in [1.82, 2.24) is 14.7 Å². The average molecular weight is 313 g/mol. The molecule has 5 nitrogen and oxygen atoms in total. The van der Waals surface area contributed by atoms with E-state index in [2.05, 4.69) is 43.2 Å². The van der Waals surface area contributed by atoms with Crippen molar-refractivity contribution in [3.05, 3.63) is 57.5 Å². The summed E-state index contributed by atoms with van der Waals surface area (Å²) in [4.78, 5) is 26.4. The summed E-state index contributed by atoms with van der Waals surface area (Å²) < 4.78 is 1.33. The van der Waals surface area contributed by atoms with Gasteiger partial charge in [0.25, 0.3) is 11.5 Å². The quantitative estimate of drug-likeness (QED) is 0.945. The van der Waals surface area contributed by atoms with Gasteiger partial charge in [-0.3, -0.25) is 19.4 Å². The lowest BCUT2D eigenvalue weighted by atomic mass is 9.89. The number of likely N-dealkylation sites (tertiary alicyclic amines) is 1. The number of amides is 1. The minimum Gasteiger partial charge on any atom is -0.332 e. The second-order valence-corrected chi connectivity index (χ2v) is 6.79. The molecular formula is C18H23N3O2. The number of hydrogen-bond acceptors (Lipinski definition) is 2. The van der Waals surface area contributed by atoms with Crippen LogP contribution in [-0.2, 0) is 13.5 Å². The van der Waals surface area contributed by atoms with Gasteiger partial charge in [0.05, 0.1) is 0 Å². The highest BCUT2D eigenvalue weighted by atomic mass is 16.2. The largest absolute Gasteiger partial charge is 0.332 e. The maximum atomic E-state index is 12.8. The van der Waals surface area contributed by atoms with E-state index in [1.54, 1.807) is 7.05 Å². The minimum absolute atomic E-state index is 0.0876. The van der Waals surface area contributed by atoms with Gasteiger partial charge in [0, 0.05) is 25.2 Å². The lowest BCUT2D eigenvalue weighted by Crippen LogP contribution is -2.46. The van der Waals surface area contributed by atoms with Crippen LogP contribution in [-0.4, -0.2) is 32.7 Å². The Kier molecular flexibility index (Phi) is 3.88. The number of aromatic nitrogens is 2. The van der Waals surface area contributed by atoms with Crippen LogP contribution in [0.3, 0.4) is 0 Å². The number of aromatic amines is 1. The molecule has 0 radical (unpaired) electrons. The molecule has 1 atom stereocenters. The Labute approximate surface area is 135 Å². The van der Waals surface area contributed by atoms with E-state index < -0.39 is 0 Å². The molecule has 1 aromatic heterocycles. The third-order valence-corrected chi connectivity index (χ3v) is 4.78. The molecule has 122 valence electrons. The SMILES string of the molecule is Cc1cccc(CC2(C)CCCN2C(=O)c2cc(=O)n(C)[nH]2)c1. The zero-order valence-corrected chi connectivity index (χ0v) is 13.9. The molecule has 0 bridgehead atoms. The summed E-state index contributed by atoms with van der Waals surface area (Å²) in [6, 6.07) is 9.82. The predicted molar refractivity (Wildman–Crippen MR) is 89.6 cm³/mol. The molecule has 0 spiro atoms. The van der Waals surface area contributed by atoms with Crippen molar-refractivity contribution >= 4 is 5.91 Å². The highest BCUT2D eigenvalue weighted by Gasteiger charge is 2.40. The van der Waals surface area contributed by atoms with Gasteiger partial charge in [-0.2, -0.15) is 0 Å². The standard InChI is InChI=1S/C18H23N3O2/c1-13-6-4-7-14(10-13)12-18(2)8-5-9-21(18)17(23)15-11-16(22)20(3)19-15/h4,6-7,10-11,19H,5,8-9,12H2,1-3H3.